The van der Waals surface area contributed by atoms with Crippen LogP contribution in [0.2, 0.25) is 0 Å². The van der Waals surface area contributed by atoms with Crippen LogP contribution in [0, 0.1) is 0 Å². The Morgan fingerprint density at radius 1 is 1.24 bits per heavy atom. The number of nitrogens with zero attached hydrogens (tertiary/aromatic N) is 2. The minimum absolute atomic E-state index is 0.267. The second-order valence-electron chi connectivity index (χ2n) is 5.39. The highest BCUT2D eigenvalue weighted by Gasteiger charge is 2.14. The van der Waals surface area contributed by atoms with Crippen LogP contribution in [0.25, 0.3) is 6.08 Å². The Kier molecular flexibility index (Phi) is 6.94. The Labute approximate surface area is 151 Å². The highest BCUT2D eigenvalue weighted by molar-refractivity contribution is 7.15. The van der Waals surface area contributed by atoms with E-state index in [1.165, 1.54) is 17.4 Å². The lowest BCUT2D eigenvalue weighted by molar-refractivity contribution is -0.111. The van der Waals surface area contributed by atoms with Gasteiger partial charge in [-0.2, -0.15) is 0 Å². The summed E-state index contributed by atoms with van der Waals surface area (Å²) in [5.74, 6) is 1.48. The van der Waals surface area contributed by atoms with Gasteiger partial charge in [-0.3, -0.25) is 10.1 Å². The van der Waals surface area contributed by atoms with Gasteiger partial charge in [0.25, 0.3) is 0 Å². The average Bonchev–Trinajstić information content (AvgIpc) is 3.08. The van der Waals surface area contributed by atoms with Crippen molar-refractivity contribution in [3.05, 3.63) is 34.8 Å². The molecule has 134 valence electrons. The standard InChI is InChI=1S/C18H23N3O3S/c1-5-12(6-2)17-20-21-18(25-17)19-16(22)10-7-13-11-14(23-3)8-9-15(13)24-4/h7-12H,5-6H2,1-4H3,(H,19,21,22)/b10-7+. The molecular weight excluding hydrogens is 338 g/mol. The average molecular weight is 361 g/mol. The summed E-state index contributed by atoms with van der Waals surface area (Å²) in [7, 11) is 3.18. The van der Waals surface area contributed by atoms with Crippen molar-refractivity contribution in [2.45, 2.75) is 32.6 Å². The summed E-state index contributed by atoms with van der Waals surface area (Å²) in [4.78, 5) is 12.1. The van der Waals surface area contributed by atoms with Gasteiger partial charge in [0.05, 0.1) is 14.2 Å². The number of hydrogen-bond donors (Lipinski definition) is 1. The number of methoxy groups -OCH3 is 2. The summed E-state index contributed by atoms with van der Waals surface area (Å²) in [6.07, 6.45) is 5.14. The summed E-state index contributed by atoms with van der Waals surface area (Å²) < 4.78 is 10.5. The molecule has 25 heavy (non-hydrogen) atoms. The molecule has 1 amide bonds. The van der Waals surface area contributed by atoms with Gasteiger partial charge in [-0.25, -0.2) is 0 Å². The third-order valence-electron chi connectivity index (χ3n) is 3.86. The number of carbonyl (C=O) groups is 1. The van der Waals surface area contributed by atoms with Gasteiger partial charge in [-0.05, 0) is 37.1 Å². The van der Waals surface area contributed by atoms with Crippen LogP contribution in [0.1, 0.15) is 43.2 Å². The van der Waals surface area contributed by atoms with Gasteiger partial charge < -0.3 is 9.47 Å². The van der Waals surface area contributed by atoms with E-state index in [0.717, 1.165) is 23.4 Å². The molecule has 1 aromatic heterocycles. The molecule has 0 spiro atoms. The van der Waals surface area contributed by atoms with Crippen LogP contribution in [0.3, 0.4) is 0 Å². The molecule has 6 nitrogen and oxygen atoms in total. The highest BCUT2D eigenvalue weighted by atomic mass is 32.1. The first kappa shape index (κ1) is 18.9. The Hall–Kier alpha value is -2.41. The van der Waals surface area contributed by atoms with E-state index in [1.54, 1.807) is 38.5 Å². The molecule has 0 radical (unpaired) electrons. The monoisotopic (exact) mass is 361 g/mol. The maximum Gasteiger partial charge on any atom is 0.250 e. The van der Waals surface area contributed by atoms with E-state index in [1.807, 2.05) is 0 Å². The van der Waals surface area contributed by atoms with E-state index >= 15 is 0 Å². The van der Waals surface area contributed by atoms with Crippen molar-refractivity contribution in [3.63, 3.8) is 0 Å². The van der Waals surface area contributed by atoms with Crippen LogP contribution < -0.4 is 14.8 Å². The van der Waals surface area contributed by atoms with Gasteiger partial charge in [0.2, 0.25) is 11.0 Å². The largest absolute Gasteiger partial charge is 0.497 e. The van der Waals surface area contributed by atoms with E-state index in [9.17, 15) is 4.79 Å². The molecule has 0 bridgehead atoms. The molecule has 0 saturated heterocycles. The molecule has 0 saturated carbocycles. The number of ether oxygens (including phenoxy) is 2. The van der Waals surface area contributed by atoms with Crippen LogP contribution in [0.4, 0.5) is 5.13 Å². The van der Waals surface area contributed by atoms with Crippen molar-refractivity contribution >= 4 is 28.5 Å². The number of hydrogen-bond acceptors (Lipinski definition) is 6. The molecule has 2 rings (SSSR count). The number of aromatic nitrogens is 2. The first-order valence-corrected chi connectivity index (χ1v) is 8.97. The minimum atomic E-state index is -0.267. The summed E-state index contributed by atoms with van der Waals surface area (Å²) >= 11 is 1.42. The Morgan fingerprint density at radius 2 is 2.00 bits per heavy atom. The predicted octanol–water partition coefficient (Wildman–Crippen LogP) is 4.11. The molecule has 0 aliphatic carbocycles. The maximum atomic E-state index is 12.1. The lowest BCUT2D eigenvalue weighted by atomic mass is 10.1. The normalized spacial score (nSPS) is 11.1. The molecule has 0 atom stereocenters. The fraction of sp³-hybridized carbons (Fsp3) is 0.389. The number of rotatable bonds is 8. The molecule has 0 aliphatic heterocycles. The molecular formula is C18H23N3O3S. The molecule has 2 aromatic rings. The van der Waals surface area contributed by atoms with Crippen molar-refractivity contribution in [2.75, 3.05) is 19.5 Å². The van der Waals surface area contributed by atoms with Crippen LogP contribution in [0.15, 0.2) is 24.3 Å². The van der Waals surface area contributed by atoms with Gasteiger partial charge in [0.1, 0.15) is 16.5 Å². The Balaban J connectivity index is 2.06. The van der Waals surface area contributed by atoms with E-state index in [-0.39, 0.29) is 5.91 Å². The van der Waals surface area contributed by atoms with Gasteiger partial charge in [0, 0.05) is 17.6 Å². The number of benzene rings is 1. The van der Waals surface area contributed by atoms with Crippen LogP contribution in [0.5, 0.6) is 11.5 Å². The lowest BCUT2D eigenvalue weighted by Crippen LogP contribution is -2.07. The maximum absolute atomic E-state index is 12.1. The molecule has 0 fully saturated rings. The second-order valence-corrected chi connectivity index (χ2v) is 6.40. The molecule has 7 heteroatoms. The van der Waals surface area contributed by atoms with E-state index in [2.05, 4.69) is 29.4 Å². The van der Waals surface area contributed by atoms with Crippen molar-refractivity contribution in [3.8, 4) is 11.5 Å². The van der Waals surface area contributed by atoms with E-state index in [4.69, 9.17) is 9.47 Å². The Bertz CT molecular complexity index is 739. The zero-order valence-corrected chi connectivity index (χ0v) is 15.7. The van der Waals surface area contributed by atoms with Crippen LogP contribution in [-0.2, 0) is 4.79 Å². The zero-order chi connectivity index (χ0) is 18.2. The summed E-state index contributed by atoms with van der Waals surface area (Å²) in [5.41, 5.74) is 0.756. The highest BCUT2D eigenvalue weighted by Crippen LogP contribution is 2.28. The van der Waals surface area contributed by atoms with Crippen LogP contribution >= 0.6 is 11.3 Å². The minimum Gasteiger partial charge on any atom is -0.497 e. The fourth-order valence-corrected chi connectivity index (χ4v) is 3.38. The number of amides is 1. The van der Waals surface area contributed by atoms with Gasteiger partial charge in [-0.15, -0.1) is 10.2 Å². The van der Waals surface area contributed by atoms with E-state index < -0.39 is 0 Å². The molecule has 1 heterocycles. The van der Waals surface area contributed by atoms with Crippen molar-refractivity contribution in [1.82, 2.24) is 10.2 Å². The van der Waals surface area contributed by atoms with Crippen molar-refractivity contribution < 1.29 is 14.3 Å². The topological polar surface area (TPSA) is 73.3 Å². The van der Waals surface area contributed by atoms with E-state index in [0.29, 0.717) is 22.5 Å². The van der Waals surface area contributed by atoms with Gasteiger partial charge >= 0.3 is 0 Å². The number of anilines is 1. The molecule has 0 unspecified atom stereocenters. The van der Waals surface area contributed by atoms with Crippen LogP contribution in [-0.4, -0.2) is 30.3 Å². The first-order chi connectivity index (χ1) is 12.1. The van der Waals surface area contributed by atoms with Crippen molar-refractivity contribution in [2.24, 2.45) is 0 Å². The van der Waals surface area contributed by atoms with Crippen molar-refractivity contribution in [1.29, 1.82) is 0 Å². The SMILES string of the molecule is CCC(CC)c1nnc(NC(=O)/C=C/c2cc(OC)ccc2OC)s1. The molecule has 1 N–H and O–H groups in total. The summed E-state index contributed by atoms with van der Waals surface area (Å²) in [5, 5.41) is 12.4. The fourth-order valence-electron chi connectivity index (χ4n) is 2.37. The first-order valence-electron chi connectivity index (χ1n) is 8.15. The summed E-state index contributed by atoms with van der Waals surface area (Å²) in [6, 6.07) is 5.40. The quantitative estimate of drug-likeness (QED) is 0.716. The summed E-state index contributed by atoms with van der Waals surface area (Å²) in [6.45, 7) is 4.25. The van der Waals surface area contributed by atoms with Gasteiger partial charge in [-0.1, -0.05) is 25.2 Å². The number of carbonyl (C=O) groups excluding carboxylic acids is 1. The Morgan fingerprint density at radius 3 is 2.64 bits per heavy atom. The smallest absolute Gasteiger partial charge is 0.250 e. The number of nitrogens with one attached hydrogen (secondary N) is 1. The lowest BCUT2D eigenvalue weighted by Gasteiger charge is -2.07. The third-order valence-corrected chi connectivity index (χ3v) is 4.86. The van der Waals surface area contributed by atoms with Gasteiger partial charge in [0.15, 0.2) is 0 Å². The predicted molar refractivity (Wildman–Crippen MR) is 100 cm³/mol. The second kappa shape index (κ2) is 9.17. The zero-order valence-electron chi connectivity index (χ0n) is 14.9. The third kappa shape index (κ3) is 5.03. The molecule has 1 aromatic carbocycles. The molecule has 0 aliphatic rings.